The monoisotopic (exact) mass is 275 g/mol. The Kier molecular flexibility index (Phi) is 3.03. The number of imidazole rings is 1. The first kappa shape index (κ1) is 12.2. The summed E-state index contributed by atoms with van der Waals surface area (Å²) < 4.78 is 1.86. The average Bonchev–Trinajstić information content (AvgIpc) is 2.74. The number of rotatable bonds is 2. The third-order valence-electron chi connectivity index (χ3n) is 3.51. The molecular formula is C14H14ClN3O. The fourth-order valence-electron chi connectivity index (χ4n) is 2.38. The van der Waals surface area contributed by atoms with Crippen molar-refractivity contribution >= 4 is 23.1 Å². The Morgan fingerprint density at radius 1 is 1.37 bits per heavy atom. The molecule has 1 aliphatic rings. The van der Waals surface area contributed by atoms with Gasteiger partial charge in [0.15, 0.2) is 5.78 Å². The summed E-state index contributed by atoms with van der Waals surface area (Å²) in [6.45, 7) is 1.38. The Bertz CT molecular complexity index is 635. The van der Waals surface area contributed by atoms with Crippen LogP contribution in [0, 0.1) is 0 Å². The molecule has 5 heteroatoms. The van der Waals surface area contributed by atoms with Gasteiger partial charge in [-0.05, 0) is 12.1 Å². The Morgan fingerprint density at radius 3 is 2.89 bits per heavy atom. The molecule has 0 aliphatic carbocycles. The van der Waals surface area contributed by atoms with Crippen LogP contribution in [0.1, 0.15) is 22.6 Å². The predicted octanol–water partition coefficient (Wildman–Crippen LogP) is 2.67. The Labute approximate surface area is 116 Å². The second kappa shape index (κ2) is 4.70. The lowest BCUT2D eigenvalue weighted by Crippen LogP contribution is -2.32. The van der Waals surface area contributed by atoms with Gasteiger partial charge < -0.3 is 9.47 Å². The molecule has 2 aromatic rings. The number of hydrogen-bond acceptors (Lipinski definition) is 3. The molecule has 1 aromatic carbocycles. The maximum absolute atomic E-state index is 11.9. The fraction of sp³-hybridized carbons (Fsp3) is 0.286. The highest BCUT2D eigenvalue weighted by Gasteiger charge is 2.23. The number of carbonyl (C=O) groups is 1. The number of halogens is 1. The predicted molar refractivity (Wildman–Crippen MR) is 74.7 cm³/mol. The van der Waals surface area contributed by atoms with E-state index in [0.717, 1.165) is 23.6 Å². The number of para-hydroxylation sites is 1. The van der Waals surface area contributed by atoms with Gasteiger partial charge in [0, 0.05) is 31.3 Å². The highest BCUT2D eigenvalue weighted by Crippen LogP contribution is 2.28. The Morgan fingerprint density at radius 2 is 2.16 bits per heavy atom. The summed E-state index contributed by atoms with van der Waals surface area (Å²) in [5.41, 5.74) is 1.78. The van der Waals surface area contributed by atoms with Crippen molar-refractivity contribution in [2.75, 3.05) is 11.4 Å². The average molecular weight is 276 g/mol. The van der Waals surface area contributed by atoms with Crippen LogP contribution in [0.25, 0.3) is 0 Å². The van der Waals surface area contributed by atoms with E-state index in [2.05, 4.69) is 9.88 Å². The van der Waals surface area contributed by atoms with Crippen LogP contribution >= 0.6 is 11.6 Å². The van der Waals surface area contributed by atoms with Crippen LogP contribution in [0.4, 0.5) is 5.69 Å². The van der Waals surface area contributed by atoms with E-state index in [1.807, 2.05) is 35.9 Å². The lowest BCUT2D eigenvalue weighted by molar-refractivity contribution is 0.0979. The lowest BCUT2D eigenvalue weighted by Gasteiger charge is -2.30. The Hall–Kier alpha value is -1.81. The highest BCUT2D eigenvalue weighted by molar-refractivity contribution is 6.29. The number of hydrogen-bond donors (Lipinski definition) is 0. The van der Waals surface area contributed by atoms with Crippen molar-refractivity contribution in [3.63, 3.8) is 0 Å². The molecule has 0 saturated heterocycles. The van der Waals surface area contributed by atoms with Crippen LogP contribution in [0.5, 0.6) is 0 Å². The summed E-state index contributed by atoms with van der Waals surface area (Å²) in [6.07, 6.45) is 2.20. The van der Waals surface area contributed by atoms with E-state index in [-0.39, 0.29) is 5.78 Å². The van der Waals surface area contributed by atoms with Gasteiger partial charge in [-0.15, -0.1) is 0 Å². The minimum absolute atomic E-state index is 0.213. The number of Topliss-reactive ketones (excluding diaryl/α,β-unsaturated/α-hetero) is 1. The van der Waals surface area contributed by atoms with E-state index in [0.29, 0.717) is 18.1 Å². The SMILES string of the molecule is Cn1c(Cl)cnc1CN1CCC(=O)c2ccccc21. The van der Waals surface area contributed by atoms with E-state index >= 15 is 0 Å². The summed E-state index contributed by atoms with van der Waals surface area (Å²) in [5.74, 6) is 1.11. The number of aromatic nitrogens is 2. The first-order chi connectivity index (χ1) is 9.16. The van der Waals surface area contributed by atoms with Crippen molar-refractivity contribution in [3.05, 3.63) is 47.0 Å². The van der Waals surface area contributed by atoms with Gasteiger partial charge in [0.25, 0.3) is 0 Å². The quantitative estimate of drug-likeness (QED) is 0.846. The number of nitrogens with zero attached hydrogens (tertiary/aromatic N) is 3. The standard InChI is InChI=1S/C14H14ClN3O/c1-17-13(15)8-16-14(17)9-18-7-6-12(19)10-4-2-3-5-11(10)18/h2-5,8H,6-7,9H2,1H3. The van der Waals surface area contributed by atoms with Crippen LogP contribution in [0.2, 0.25) is 5.15 Å². The molecule has 0 amide bonds. The number of fused-ring (bicyclic) bond motifs is 1. The van der Waals surface area contributed by atoms with E-state index in [4.69, 9.17) is 11.6 Å². The second-order valence-corrected chi connectivity index (χ2v) is 5.06. The van der Waals surface area contributed by atoms with Gasteiger partial charge in [-0.25, -0.2) is 4.98 Å². The Balaban J connectivity index is 1.93. The van der Waals surface area contributed by atoms with E-state index < -0.39 is 0 Å². The third-order valence-corrected chi connectivity index (χ3v) is 3.87. The summed E-state index contributed by atoms with van der Waals surface area (Å²) >= 11 is 6.00. The summed E-state index contributed by atoms with van der Waals surface area (Å²) in [5, 5.41) is 0.622. The maximum atomic E-state index is 11.9. The van der Waals surface area contributed by atoms with Gasteiger partial charge >= 0.3 is 0 Å². The minimum atomic E-state index is 0.213. The van der Waals surface area contributed by atoms with Crippen molar-refractivity contribution in [2.24, 2.45) is 7.05 Å². The van der Waals surface area contributed by atoms with E-state index in [1.54, 1.807) is 6.20 Å². The molecule has 1 aromatic heterocycles. The lowest BCUT2D eigenvalue weighted by atomic mass is 10.0. The van der Waals surface area contributed by atoms with Crippen molar-refractivity contribution in [1.29, 1.82) is 0 Å². The molecule has 1 aliphatic heterocycles. The molecule has 0 bridgehead atoms. The van der Waals surface area contributed by atoms with Crippen molar-refractivity contribution in [1.82, 2.24) is 9.55 Å². The van der Waals surface area contributed by atoms with E-state index in [9.17, 15) is 4.79 Å². The molecule has 4 nitrogen and oxygen atoms in total. The van der Waals surface area contributed by atoms with Crippen molar-refractivity contribution in [3.8, 4) is 0 Å². The second-order valence-electron chi connectivity index (χ2n) is 4.67. The molecule has 19 heavy (non-hydrogen) atoms. The van der Waals surface area contributed by atoms with Crippen LogP contribution in [0.15, 0.2) is 30.5 Å². The highest BCUT2D eigenvalue weighted by atomic mass is 35.5. The number of benzene rings is 1. The smallest absolute Gasteiger partial charge is 0.166 e. The molecule has 0 radical (unpaired) electrons. The van der Waals surface area contributed by atoms with Gasteiger partial charge in [-0.1, -0.05) is 23.7 Å². The molecule has 0 N–H and O–H groups in total. The zero-order valence-corrected chi connectivity index (χ0v) is 11.4. The van der Waals surface area contributed by atoms with E-state index in [1.165, 1.54) is 0 Å². The van der Waals surface area contributed by atoms with Gasteiger partial charge in [0.2, 0.25) is 0 Å². The number of ketones is 1. The largest absolute Gasteiger partial charge is 0.363 e. The zero-order chi connectivity index (χ0) is 13.4. The molecule has 0 spiro atoms. The van der Waals surface area contributed by atoms with Crippen LogP contribution in [-0.4, -0.2) is 21.9 Å². The molecule has 0 fully saturated rings. The van der Waals surface area contributed by atoms with Crippen LogP contribution in [-0.2, 0) is 13.6 Å². The molecular weight excluding hydrogens is 262 g/mol. The minimum Gasteiger partial charge on any atom is -0.363 e. The van der Waals surface area contributed by atoms with Gasteiger partial charge in [-0.3, -0.25) is 4.79 Å². The summed E-state index contributed by atoms with van der Waals surface area (Å²) in [7, 11) is 1.89. The third kappa shape index (κ3) is 2.12. The van der Waals surface area contributed by atoms with Crippen LogP contribution < -0.4 is 4.90 Å². The van der Waals surface area contributed by atoms with Gasteiger partial charge in [-0.2, -0.15) is 0 Å². The molecule has 2 heterocycles. The van der Waals surface area contributed by atoms with Crippen molar-refractivity contribution < 1.29 is 4.79 Å². The molecule has 3 rings (SSSR count). The molecule has 0 saturated carbocycles. The van der Waals surface area contributed by atoms with Crippen LogP contribution in [0.3, 0.4) is 0 Å². The molecule has 0 atom stereocenters. The molecule has 0 unspecified atom stereocenters. The first-order valence-electron chi connectivity index (χ1n) is 6.20. The topological polar surface area (TPSA) is 38.1 Å². The van der Waals surface area contributed by atoms with Gasteiger partial charge in [0.1, 0.15) is 11.0 Å². The fourth-order valence-corrected chi connectivity index (χ4v) is 2.53. The number of anilines is 1. The zero-order valence-electron chi connectivity index (χ0n) is 10.6. The summed E-state index contributed by atoms with van der Waals surface area (Å²) in [6, 6.07) is 7.72. The maximum Gasteiger partial charge on any atom is 0.166 e. The summed E-state index contributed by atoms with van der Waals surface area (Å²) in [4.78, 5) is 18.4. The van der Waals surface area contributed by atoms with Gasteiger partial charge in [0.05, 0.1) is 12.7 Å². The number of carbonyl (C=O) groups excluding carboxylic acids is 1. The normalized spacial score (nSPS) is 14.6. The molecule has 98 valence electrons. The van der Waals surface area contributed by atoms with Crippen molar-refractivity contribution in [2.45, 2.75) is 13.0 Å². The first-order valence-corrected chi connectivity index (χ1v) is 6.58.